The van der Waals surface area contributed by atoms with Crippen LogP contribution in [0.3, 0.4) is 0 Å². The molecule has 1 rings (SSSR count). The Morgan fingerprint density at radius 2 is 2.00 bits per heavy atom. The Bertz CT molecular complexity index is 346. The minimum atomic E-state index is -0.331. The normalized spacial score (nSPS) is 14.3. The van der Waals surface area contributed by atoms with E-state index in [4.69, 9.17) is 15.2 Å². The predicted octanol–water partition coefficient (Wildman–Crippen LogP) is 2.51. The molecule has 0 fully saturated rings. The van der Waals surface area contributed by atoms with E-state index >= 15 is 0 Å². The number of rotatable bonds is 5. The first-order valence-electron chi connectivity index (χ1n) is 5.58. The third-order valence-electron chi connectivity index (χ3n) is 2.86. The van der Waals surface area contributed by atoms with Gasteiger partial charge in [-0.1, -0.05) is 13.0 Å². The van der Waals surface area contributed by atoms with Crippen LogP contribution in [0.25, 0.3) is 0 Å². The average Bonchev–Trinajstić information content (AvgIpc) is 2.31. The van der Waals surface area contributed by atoms with Crippen LogP contribution in [0.15, 0.2) is 18.2 Å². The first kappa shape index (κ1) is 12.8. The first-order chi connectivity index (χ1) is 7.54. The Labute approximate surface area is 97.6 Å². The molecule has 0 radical (unpaired) electrons. The van der Waals surface area contributed by atoms with Crippen molar-refractivity contribution in [3.05, 3.63) is 23.8 Å². The lowest BCUT2D eigenvalue weighted by atomic mass is 10.0. The third kappa shape index (κ3) is 2.89. The zero-order chi connectivity index (χ0) is 12.2. The van der Waals surface area contributed by atoms with Gasteiger partial charge in [-0.25, -0.2) is 0 Å². The molecule has 0 aliphatic carbocycles. The number of hydrogen-bond donors (Lipinski definition) is 1. The lowest BCUT2D eigenvalue weighted by molar-refractivity contribution is 0.0895. The molecule has 3 nitrogen and oxygen atoms in total. The van der Waals surface area contributed by atoms with Gasteiger partial charge in [-0.05, 0) is 38.0 Å². The zero-order valence-corrected chi connectivity index (χ0v) is 10.5. The summed E-state index contributed by atoms with van der Waals surface area (Å²) in [6.07, 6.45) is 0.862. The lowest BCUT2D eigenvalue weighted by Gasteiger charge is -2.28. The molecule has 0 heterocycles. The van der Waals surface area contributed by atoms with E-state index in [-0.39, 0.29) is 5.60 Å². The molecule has 1 atom stereocenters. The standard InChI is InChI=1S/C13H21NO2/c1-5-13(3,9-14)16-11-7-6-10(2)8-12(11)15-4/h6-8H,5,9,14H2,1-4H3. The second kappa shape index (κ2) is 5.21. The van der Waals surface area contributed by atoms with E-state index in [9.17, 15) is 0 Å². The number of nitrogens with two attached hydrogens (primary N) is 1. The molecule has 0 spiro atoms. The molecule has 0 amide bonds. The van der Waals surface area contributed by atoms with Crippen LogP contribution in [0.5, 0.6) is 11.5 Å². The summed E-state index contributed by atoms with van der Waals surface area (Å²) < 4.78 is 11.2. The Kier molecular flexibility index (Phi) is 4.19. The Morgan fingerprint density at radius 1 is 1.31 bits per heavy atom. The van der Waals surface area contributed by atoms with Crippen LogP contribution < -0.4 is 15.2 Å². The maximum atomic E-state index is 5.93. The van der Waals surface area contributed by atoms with E-state index in [2.05, 4.69) is 6.92 Å². The van der Waals surface area contributed by atoms with Gasteiger partial charge in [-0.2, -0.15) is 0 Å². The van der Waals surface area contributed by atoms with Crippen LogP contribution in [0.4, 0.5) is 0 Å². The maximum Gasteiger partial charge on any atom is 0.162 e. The van der Waals surface area contributed by atoms with Gasteiger partial charge in [0.2, 0.25) is 0 Å². The summed E-state index contributed by atoms with van der Waals surface area (Å²) in [6.45, 7) is 6.58. The van der Waals surface area contributed by atoms with E-state index in [0.29, 0.717) is 6.54 Å². The lowest BCUT2D eigenvalue weighted by Crippen LogP contribution is -2.39. The fourth-order valence-corrected chi connectivity index (χ4v) is 1.38. The monoisotopic (exact) mass is 223 g/mol. The average molecular weight is 223 g/mol. The van der Waals surface area contributed by atoms with Gasteiger partial charge in [0.05, 0.1) is 7.11 Å². The van der Waals surface area contributed by atoms with E-state index in [1.807, 2.05) is 32.0 Å². The van der Waals surface area contributed by atoms with Gasteiger partial charge < -0.3 is 15.2 Å². The highest BCUT2D eigenvalue weighted by molar-refractivity contribution is 5.42. The van der Waals surface area contributed by atoms with Crippen LogP contribution in [-0.2, 0) is 0 Å². The molecular weight excluding hydrogens is 202 g/mol. The number of benzene rings is 1. The van der Waals surface area contributed by atoms with Crippen molar-refractivity contribution in [3.63, 3.8) is 0 Å². The van der Waals surface area contributed by atoms with Crippen molar-refractivity contribution in [2.24, 2.45) is 5.73 Å². The molecule has 0 bridgehead atoms. The van der Waals surface area contributed by atoms with E-state index in [1.54, 1.807) is 7.11 Å². The topological polar surface area (TPSA) is 44.5 Å². The molecule has 0 saturated heterocycles. The van der Waals surface area contributed by atoms with Gasteiger partial charge in [-0.15, -0.1) is 0 Å². The van der Waals surface area contributed by atoms with Crippen molar-refractivity contribution in [3.8, 4) is 11.5 Å². The third-order valence-corrected chi connectivity index (χ3v) is 2.86. The van der Waals surface area contributed by atoms with Gasteiger partial charge in [0, 0.05) is 6.54 Å². The Balaban J connectivity index is 2.96. The van der Waals surface area contributed by atoms with Gasteiger partial charge in [0.15, 0.2) is 11.5 Å². The van der Waals surface area contributed by atoms with Gasteiger partial charge in [0.25, 0.3) is 0 Å². The number of methoxy groups -OCH3 is 1. The van der Waals surface area contributed by atoms with Crippen LogP contribution >= 0.6 is 0 Å². The van der Waals surface area contributed by atoms with Crippen LogP contribution in [0.2, 0.25) is 0 Å². The minimum absolute atomic E-state index is 0.331. The minimum Gasteiger partial charge on any atom is -0.493 e. The first-order valence-corrected chi connectivity index (χ1v) is 5.58. The molecule has 90 valence electrons. The fourth-order valence-electron chi connectivity index (χ4n) is 1.38. The predicted molar refractivity (Wildman–Crippen MR) is 66.1 cm³/mol. The SMILES string of the molecule is CCC(C)(CN)Oc1ccc(C)cc1OC. The summed E-state index contributed by atoms with van der Waals surface area (Å²) in [6, 6.07) is 5.89. The summed E-state index contributed by atoms with van der Waals surface area (Å²) in [5.74, 6) is 1.51. The van der Waals surface area contributed by atoms with E-state index in [0.717, 1.165) is 23.5 Å². The van der Waals surface area contributed by atoms with Crippen molar-refractivity contribution < 1.29 is 9.47 Å². The number of ether oxygens (including phenoxy) is 2. The Morgan fingerprint density at radius 3 is 2.50 bits per heavy atom. The van der Waals surface area contributed by atoms with Crippen molar-refractivity contribution in [1.82, 2.24) is 0 Å². The number of hydrogen-bond acceptors (Lipinski definition) is 3. The highest BCUT2D eigenvalue weighted by atomic mass is 16.5. The van der Waals surface area contributed by atoms with E-state index in [1.165, 1.54) is 0 Å². The molecule has 0 aromatic heterocycles. The van der Waals surface area contributed by atoms with Gasteiger partial charge in [-0.3, -0.25) is 0 Å². The van der Waals surface area contributed by atoms with E-state index < -0.39 is 0 Å². The van der Waals surface area contributed by atoms with Crippen molar-refractivity contribution >= 4 is 0 Å². The maximum absolute atomic E-state index is 5.93. The summed E-state index contributed by atoms with van der Waals surface area (Å²) >= 11 is 0. The van der Waals surface area contributed by atoms with Crippen LogP contribution in [0, 0.1) is 6.92 Å². The van der Waals surface area contributed by atoms with Crippen LogP contribution in [0.1, 0.15) is 25.8 Å². The van der Waals surface area contributed by atoms with Gasteiger partial charge >= 0.3 is 0 Å². The summed E-state index contributed by atoms with van der Waals surface area (Å²) in [7, 11) is 1.65. The summed E-state index contributed by atoms with van der Waals surface area (Å²) in [4.78, 5) is 0. The molecule has 0 saturated carbocycles. The summed E-state index contributed by atoms with van der Waals surface area (Å²) in [5.41, 5.74) is 6.54. The van der Waals surface area contributed by atoms with Crippen LogP contribution in [-0.4, -0.2) is 19.3 Å². The molecule has 1 aromatic carbocycles. The highest BCUT2D eigenvalue weighted by Gasteiger charge is 2.23. The molecule has 2 N–H and O–H groups in total. The highest BCUT2D eigenvalue weighted by Crippen LogP contribution is 2.31. The molecule has 0 aliphatic rings. The van der Waals surface area contributed by atoms with Gasteiger partial charge in [0.1, 0.15) is 5.60 Å². The van der Waals surface area contributed by atoms with Crippen molar-refractivity contribution in [2.75, 3.05) is 13.7 Å². The molecule has 3 heteroatoms. The number of aryl methyl sites for hydroxylation is 1. The molecule has 0 aliphatic heterocycles. The fraction of sp³-hybridized carbons (Fsp3) is 0.538. The quantitative estimate of drug-likeness (QED) is 0.834. The molecular formula is C13H21NO2. The zero-order valence-electron chi connectivity index (χ0n) is 10.5. The Hall–Kier alpha value is -1.22. The summed E-state index contributed by atoms with van der Waals surface area (Å²) in [5, 5.41) is 0. The smallest absolute Gasteiger partial charge is 0.162 e. The second-order valence-corrected chi connectivity index (χ2v) is 4.26. The molecule has 1 aromatic rings. The van der Waals surface area contributed by atoms with Crippen molar-refractivity contribution in [2.45, 2.75) is 32.8 Å². The molecule has 1 unspecified atom stereocenters. The largest absolute Gasteiger partial charge is 0.493 e. The van der Waals surface area contributed by atoms with Crippen molar-refractivity contribution in [1.29, 1.82) is 0 Å². The molecule has 16 heavy (non-hydrogen) atoms. The second-order valence-electron chi connectivity index (χ2n) is 4.26.